The van der Waals surface area contributed by atoms with E-state index in [1.165, 1.54) is 22.3 Å². The van der Waals surface area contributed by atoms with Crippen molar-refractivity contribution in [2.75, 3.05) is 0 Å². The van der Waals surface area contributed by atoms with Crippen LogP contribution in [0.15, 0.2) is 152 Å². The summed E-state index contributed by atoms with van der Waals surface area (Å²) in [5.74, 6) is 0. The first kappa shape index (κ1) is 28.4. The average molecular weight is 602 g/mol. The fourth-order valence-electron chi connectivity index (χ4n) is 6.84. The number of benzene rings is 5. The van der Waals surface area contributed by atoms with Gasteiger partial charge in [0.05, 0.1) is 28.7 Å². The standard InChI is InChI=1S/C44H31N3/c1-44(2)39-21-29(28-45)16-18-37(39)38-19-17-32(25-40(38)44)33-22-35(41-15-9-10-20-46-41)24-36(23-33)43-27-34(30-11-5-3-6-12-30)26-42(47-43)31-13-7-4-8-14-31/h3-27H,1-2H3. The Kier molecular flexibility index (Phi) is 6.85. The van der Waals surface area contributed by atoms with Crippen LogP contribution in [-0.2, 0) is 5.41 Å². The number of fused-ring (bicyclic) bond motifs is 3. The van der Waals surface area contributed by atoms with Gasteiger partial charge in [-0.3, -0.25) is 4.98 Å². The highest BCUT2D eigenvalue weighted by molar-refractivity contribution is 5.87. The van der Waals surface area contributed by atoms with E-state index in [0.717, 1.165) is 56.0 Å². The molecule has 0 saturated heterocycles. The molecule has 3 heteroatoms. The molecule has 0 spiro atoms. The number of aromatic nitrogens is 2. The van der Waals surface area contributed by atoms with Crippen LogP contribution in [0.1, 0.15) is 30.5 Å². The minimum absolute atomic E-state index is 0.231. The summed E-state index contributed by atoms with van der Waals surface area (Å²) >= 11 is 0. The van der Waals surface area contributed by atoms with Crippen LogP contribution in [0.2, 0.25) is 0 Å². The van der Waals surface area contributed by atoms with Gasteiger partial charge in [0.1, 0.15) is 0 Å². The highest BCUT2D eigenvalue weighted by Crippen LogP contribution is 2.50. The third kappa shape index (κ3) is 5.11. The molecule has 1 aliphatic carbocycles. The number of hydrogen-bond donors (Lipinski definition) is 0. The molecule has 0 aliphatic heterocycles. The Morgan fingerprint density at radius 3 is 1.72 bits per heavy atom. The third-order valence-corrected chi connectivity index (χ3v) is 9.33. The maximum atomic E-state index is 9.59. The zero-order valence-corrected chi connectivity index (χ0v) is 26.3. The van der Waals surface area contributed by atoms with Crippen molar-refractivity contribution < 1.29 is 0 Å². The SMILES string of the molecule is CC1(C)c2cc(C#N)ccc2-c2ccc(-c3cc(-c4ccccn4)cc(-c4cc(-c5ccccc5)cc(-c5ccccc5)n4)c3)cc21. The van der Waals surface area contributed by atoms with Gasteiger partial charge in [-0.15, -0.1) is 0 Å². The number of pyridine rings is 2. The van der Waals surface area contributed by atoms with Crippen LogP contribution in [0.25, 0.3) is 67.2 Å². The van der Waals surface area contributed by atoms with E-state index in [9.17, 15) is 5.26 Å². The molecule has 222 valence electrons. The lowest BCUT2D eigenvalue weighted by molar-refractivity contribution is 0.660. The summed E-state index contributed by atoms with van der Waals surface area (Å²) < 4.78 is 0. The van der Waals surface area contributed by atoms with Gasteiger partial charge in [0, 0.05) is 28.3 Å². The lowest BCUT2D eigenvalue weighted by Crippen LogP contribution is -2.15. The van der Waals surface area contributed by atoms with Crippen molar-refractivity contribution >= 4 is 0 Å². The Morgan fingerprint density at radius 1 is 0.468 bits per heavy atom. The summed E-state index contributed by atoms with van der Waals surface area (Å²) in [6, 6.07) is 53.1. The second-order valence-corrected chi connectivity index (χ2v) is 12.6. The monoisotopic (exact) mass is 601 g/mol. The Labute approximate surface area is 275 Å². The van der Waals surface area contributed by atoms with Gasteiger partial charge in [-0.05, 0) is 105 Å². The molecular formula is C44H31N3. The highest BCUT2D eigenvalue weighted by atomic mass is 14.7. The van der Waals surface area contributed by atoms with Gasteiger partial charge in [0.2, 0.25) is 0 Å². The predicted octanol–water partition coefficient (Wildman–Crippen LogP) is 11.0. The van der Waals surface area contributed by atoms with E-state index in [2.05, 4.69) is 129 Å². The molecule has 0 atom stereocenters. The van der Waals surface area contributed by atoms with Crippen LogP contribution >= 0.6 is 0 Å². The second kappa shape index (κ2) is 11.4. The van der Waals surface area contributed by atoms with E-state index < -0.39 is 0 Å². The molecule has 0 bridgehead atoms. The van der Waals surface area contributed by atoms with E-state index in [1.807, 2.05) is 42.6 Å². The highest BCUT2D eigenvalue weighted by Gasteiger charge is 2.35. The van der Waals surface area contributed by atoms with E-state index in [4.69, 9.17) is 9.97 Å². The number of hydrogen-bond acceptors (Lipinski definition) is 3. The summed E-state index contributed by atoms with van der Waals surface area (Å²) in [6.45, 7) is 4.50. The maximum absolute atomic E-state index is 9.59. The smallest absolute Gasteiger partial charge is 0.0991 e. The van der Waals surface area contributed by atoms with Gasteiger partial charge in [0.15, 0.2) is 0 Å². The largest absolute Gasteiger partial charge is 0.256 e. The normalized spacial score (nSPS) is 12.6. The summed E-state index contributed by atoms with van der Waals surface area (Å²) in [7, 11) is 0. The lowest BCUT2D eigenvalue weighted by atomic mass is 9.81. The van der Waals surface area contributed by atoms with Crippen molar-refractivity contribution in [2.24, 2.45) is 0 Å². The molecule has 5 aromatic carbocycles. The van der Waals surface area contributed by atoms with E-state index in [0.29, 0.717) is 5.56 Å². The van der Waals surface area contributed by atoms with E-state index >= 15 is 0 Å². The summed E-state index contributed by atoms with van der Waals surface area (Å²) in [5.41, 5.74) is 15.7. The van der Waals surface area contributed by atoms with Gasteiger partial charge in [0.25, 0.3) is 0 Å². The van der Waals surface area contributed by atoms with Crippen LogP contribution in [-0.4, -0.2) is 9.97 Å². The Morgan fingerprint density at radius 2 is 1.04 bits per heavy atom. The topological polar surface area (TPSA) is 49.6 Å². The van der Waals surface area contributed by atoms with Crippen molar-refractivity contribution in [2.45, 2.75) is 19.3 Å². The zero-order valence-electron chi connectivity index (χ0n) is 26.3. The van der Waals surface area contributed by atoms with E-state index in [1.54, 1.807) is 0 Å². The number of rotatable bonds is 5. The Balaban J connectivity index is 1.32. The van der Waals surface area contributed by atoms with Gasteiger partial charge in [-0.25, -0.2) is 4.98 Å². The fraction of sp³-hybridized carbons (Fsp3) is 0.0682. The van der Waals surface area contributed by atoms with Crippen LogP contribution in [0.5, 0.6) is 0 Å². The predicted molar refractivity (Wildman–Crippen MR) is 191 cm³/mol. The van der Waals surface area contributed by atoms with Crippen molar-refractivity contribution in [3.8, 4) is 73.2 Å². The first-order valence-corrected chi connectivity index (χ1v) is 15.9. The number of nitriles is 1. The quantitative estimate of drug-likeness (QED) is 0.197. The van der Waals surface area contributed by atoms with Crippen LogP contribution in [0.4, 0.5) is 0 Å². The lowest BCUT2D eigenvalue weighted by Gasteiger charge is -2.22. The van der Waals surface area contributed by atoms with Gasteiger partial charge >= 0.3 is 0 Å². The molecule has 8 rings (SSSR count). The van der Waals surface area contributed by atoms with Crippen molar-refractivity contribution in [3.05, 3.63) is 168 Å². The van der Waals surface area contributed by atoms with Crippen molar-refractivity contribution in [1.82, 2.24) is 9.97 Å². The van der Waals surface area contributed by atoms with Crippen LogP contribution in [0.3, 0.4) is 0 Å². The molecular weight excluding hydrogens is 571 g/mol. The molecule has 2 aromatic heterocycles. The summed E-state index contributed by atoms with van der Waals surface area (Å²) in [5, 5.41) is 9.59. The maximum Gasteiger partial charge on any atom is 0.0991 e. The molecule has 0 saturated carbocycles. The van der Waals surface area contributed by atoms with Gasteiger partial charge < -0.3 is 0 Å². The Hall–Kier alpha value is -6.11. The number of nitrogens with zero attached hydrogens (tertiary/aromatic N) is 3. The summed E-state index contributed by atoms with van der Waals surface area (Å²) in [6.07, 6.45) is 1.84. The van der Waals surface area contributed by atoms with Gasteiger partial charge in [-0.1, -0.05) is 98.8 Å². The summed E-state index contributed by atoms with van der Waals surface area (Å²) in [4.78, 5) is 9.97. The second-order valence-electron chi connectivity index (χ2n) is 12.6. The molecule has 0 N–H and O–H groups in total. The molecule has 47 heavy (non-hydrogen) atoms. The Bertz CT molecular complexity index is 2260. The first-order chi connectivity index (χ1) is 23.0. The first-order valence-electron chi connectivity index (χ1n) is 15.9. The molecule has 3 nitrogen and oxygen atoms in total. The fourth-order valence-corrected chi connectivity index (χ4v) is 6.84. The van der Waals surface area contributed by atoms with Gasteiger partial charge in [-0.2, -0.15) is 5.26 Å². The molecule has 2 heterocycles. The minimum atomic E-state index is -0.231. The molecule has 0 amide bonds. The molecule has 0 radical (unpaired) electrons. The zero-order chi connectivity index (χ0) is 32.0. The molecule has 7 aromatic rings. The van der Waals surface area contributed by atoms with E-state index in [-0.39, 0.29) is 5.41 Å². The van der Waals surface area contributed by atoms with Crippen LogP contribution < -0.4 is 0 Å². The van der Waals surface area contributed by atoms with Crippen molar-refractivity contribution in [1.29, 1.82) is 5.26 Å². The van der Waals surface area contributed by atoms with Crippen molar-refractivity contribution in [3.63, 3.8) is 0 Å². The molecule has 0 fully saturated rings. The molecule has 1 aliphatic rings. The third-order valence-electron chi connectivity index (χ3n) is 9.33. The minimum Gasteiger partial charge on any atom is -0.256 e. The molecule has 0 unspecified atom stereocenters. The average Bonchev–Trinajstić information content (AvgIpc) is 3.37. The van der Waals surface area contributed by atoms with Crippen LogP contribution in [0, 0.1) is 11.3 Å².